The summed E-state index contributed by atoms with van der Waals surface area (Å²) in [6.45, 7) is 0. The molecule has 1 heterocycles. The molecule has 1 aliphatic rings. The van der Waals surface area contributed by atoms with E-state index in [1.54, 1.807) is 0 Å². The largest absolute Gasteiger partial charge is 0.281 e. The van der Waals surface area contributed by atoms with Crippen LogP contribution in [0.15, 0.2) is 42.2 Å². The van der Waals surface area contributed by atoms with E-state index >= 15 is 0 Å². The van der Waals surface area contributed by atoms with E-state index in [9.17, 15) is 24.5 Å². The molecule has 3 amide bonds. The van der Waals surface area contributed by atoms with Crippen LogP contribution < -0.4 is 5.43 Å². The highest BCUT2D eigenvalue weighted by atomic mass is 79.9. The molecule has 0 atom stereocenters. The summed E-state index contributed by atoms with van der Waals surface area (Å²) in [4.78, 5) is 47.8. The van der Waals surface area contributed by atoms with Gasteiger partial charge in [0.1, 0.15) is 0 Å². The lowest BCUT2D eigenvalue weighted by Crippen LogP contribution is -2.45. The molecule has 0 aromatic heterocycles. The SMILES string of the molecule is O=C(NN1C(=O)c2c(Br)c(Br)c(Br)c(Br)c2C1=O)c1ccc([N+](=O)[O-])cc1. The van der Waals surface area contributed by atoms with Crippen LogP contribution in [0.4, 0.5) is 5.69 Å². The molecule has 0 aliphatic carbocycles. The number of nitrogens with zero attached hydrogens (tertiary/aromatic N) is 2. The van der Waals surface area contributed by atoms with Gasteiger partial charge in [0.15, 0.2) is 0 Å². The molecular weight excluding hydrogens is 622 g/mol. The molecule has 0 fully saturated rings. The molecule has 2 aromatic carbocycles. The molecule has 138 valence electrons. The highest BCUT2D eigenvalue weighted by Gasteiger charge is 2.42. The molecule has 27 heavy (non-hydrogen) atoms. The second kappa shape index (κ2) is 7.41. The fourth-order valence-electron chi connectivity index (χ4n) is 2.35. The summed E-state index contributed by atoms with van der Waals surface area (Å²) in [5.41, 5.74) is 2.28. The summed E-state index contributed by atoms with van der Waals surface area (Å²) in [7, 11) is 0. The number of hydrogen-bond donors (Lipinski definition) is 1. The quantitative estimate of drug-likeness (QED) is 0.176. The van der Waals surface area contributed by atoms with Gasteiger partial charge in [-0.1, -0.05) is 0 Å². The summed E-state index contributed by atoms with van der Waals surface area (Å²) in [5, 5.41) is 11.3. The molecule has 0 unspecified atom stereocenters. The van der Waals surface area contributed by atoms with Crippen LogP contribution in [0.2, 0.25) is 0 Å². The van der Waals surface area contributed by atoms with Crippen molar-refractivity contribution in [3.8, 4) is 0 Å². The number of benzene rings is 2. The van der Waals surface area contributed by atoms with E-state index in [0.717, 1.165) is 12.1 Å². The van der Waals surface area contributed by atoms with Gasteiger partial charge in [-0.15, -0.1) is 0 Å². The molecule has 0 spiro atoms. The van der Waals surface area contributed by atoms with Crippen molar-refractivity contribution in [3.05, 3.63) is 69.0 Å². The van der Waals surface area contributed by atoms with Crippen LogP contribution in [0.3, 0.4) is 0 Å². The van der Waals surface area contributed by atoms with Crippen LogP contribution in [0.1, 0.15) is 31.1 Å². The van der Waals surface area contributed by atoms with Crippen LogP contribution in [0, 0.1) is 10.1 Å². The van der Waals surface area contributed by atoms with Gasteiger partial charge in [-0.2, -0.15) is 5.01 Å². The van der Waals surface area contributed by atoms with Gasteiger partial charge in [0.25, 0.3) is 23.4 Å². The number of non-ortho nitro benzene ring substituents is 1. The Kier molecular flexibility index (Phi) is 5.52. The van der Waals surface area contributed by atoms with Crippen LogP contribution in [-0.4, -0.2) is 27.7 Å². The second-order valence-electron chi connectivity index (χ2n) is 5.20. The summed E-state index contributed by atoms with van der Waals surface area (Å²) in [5.74, 6) is -2.19. The Morgan fingerprint density at radius 2 is 1.33 bits per heavy atom. The lowest BCUT2D eigenvalue weighted by molar-refractivity contribution is -0.384. The van der Waals surface area contributed by atoms with Crippen molar-refractivity contribution in [2.75, 3.05) is 0 Å². The van der Waals surface area contributed by atoms with E-state index in [4.69, 9.17) is 0 Å². The third-order valence-electron chi connectivity index (χ3n) is 3.65. The predicted octanol–water partition coefficient (Wildman–Crippen LogP) is 4.59. The number of nitro groups is 1. The maximum atomic E-state index is 12.7. The minimum atomic E-state index is -0.759. The summed E-state index contributed by atoms with van der Waals surface area (Å²) in [6.07, 6.45) is 0. The Morgan fingerprint density at radius 3 is 1.74 bits per heavy atom. The molecule has 12 heteroatoms. The number of nitro benzene ring substituents is 1. The number of carbonyl (C=O) groups excluding carboxylic acids is 3. The standard InChI is InChI=1S/C15H5Br4N3O5/c16-9-7-8(10(17)12(19)11(9)18)15(25)21(14(7)24)20-13(23)5-1-3-6(4-2-5)22(26)27/h1-4H,(H,20,23). The number of rotatable bonds is 3. The third-order valence-corrected chi connectivity index (χ3v) is 8.42. The van der Waals surface area contributed by atoms with Crippen molar-refractivity contribution in [3.63, 3.8) is 0 Å². The van der Waals surface area contributed by atoms with Gasteiger partial charge in [0.2, 0.25) is 0 Å². The Morgan fingerprint density at radius 1 is 0.889 bits per heavy atom. The van der Waals surface area contributed by atoms with Crippen LogP contribution >= 0.6 is 63.7 Å². The molecule has 3 rings (SSSR count). The number of hydrogen-bond acceptors (Lipinski definition) is 5. The first kappa shape index (κ1) is 20.1. The van der Waals surface area contributed by atoms with Gasteiger partial charge in [-0.3, -0.25) is 29.9 Å². The van der Waals surface area contributed by atoms with Crippen molar-refractivity contribution in [2.24, 2.45) is 0 Å². The molecule has 0 saturated heterocycles. The maximum absolute atomic E-state index is 12.7. The Bertz CT molecular complexity index is 992. The van der Waals surface area contributed by atoms with Crippen LogP contribution in [0.5, 0.6) is 0 Å². The number of amides is 3. The average molecular weight is 627 g/mol. The molecule has 0 bridgehead atoms. The Labute approximate surface area is 184 Å². The van der Waals surface area contributed by atoms with Crippen molar-refractivity contribution in [1.82, 2.24) is 10.4 Å². The molecule has 1 N–H and O–H groups in total. The number of fused-ring (bicyclic) bond motifs is 1. The Hall–Kier alpha value is -1.63. The van der Waals surface area contributed by atoms with Crippen molar-refractivity contribution in [2.45, 2.75) is 0 Å². The topological polar surface area (TPSA) is 110 Å². The number of carbonyl (C=O) groups is 3. The number of nitrogens with one attached hydrogen (secondary N) is 1. The van der Waals surface area contributed by atoms with Crippen molar-refractivity contribution in [1.29, 1.82) is 0 Å². The van der Waals surface area contributed by atoms with Crippen molar-refractivity contribution < 1.29 is 19.3 Å². The molecule has 1 aliphatic heterocycles. The second-order valence-corrected chi connectivity index (χ2v) is 8.37. The zero-order valence-corrected chi connectivity index (χ0v) is 19.1. The first-order chi connectivity index (χ1) is 12.6. The first-order valence-electron chi connectivity index (χ1n) is 6.95. The first-order valence-corrected chi connectivity index (χ1v) is 10.1. The van der Waals surface area contributed by atoms with E-state index in [-0.39, 0.29) is 22.4 Å². The zero-order chi connectivity index (χ0) is 20.0. The summed E-state index contributed by atoms with van der Waals surface area (Å²) in [6, 6.07) is 4.76. The monoisotopic (exact) mass is 623 g/mol. The minimum absolute atomic E-state index is 0.0534. The fraction of sp³-hybridized carbons (Fsp3) is 0. The smallest absolute Gasteiger partial charge is 0.267 e. The normalized spacial score (nSPS) is 13.0. The number of hydrazine groups is 1. The Balaban J connectivity index is 1.93. The summed E-state index contributed by atoms with van der Waals surface area (Å²) >= 11 is 13.2. The van der Waals surface area contributed by atoms with Gasteiger partial charge >= 0.3 is 0 Å². The zero-order valence-electron chi connectivity index (χ0n) is 12.8. The highest BCUT2D eigenvalue weighted by Crippen LogP contribution is 2.44. The van der Waals surface area contributed by atoms with Gasteiger partial charge in [0, 0.05) is 35.6 Å². The summed E-state index contributed by atoms with van der Waals surface area (Å²) < 4.78 is 1.77. The predicted molar refractivity (Wildman–Crippen MR) is 108 cm³/mol. The lowest BCUT2D eigenvalue weighted by Gasteiger charge is -2.15. The molecule has 8 nitrogen and oxygen atoms in total. The van der Waals surface area contributed by atoms with Gasteiger partial charge in [-0.05, 0) is 75.9 Å². The molecular formula is C15H5Br4N3O5. The van der Waals surface area contributed by atoms with E-state index in [2.05, 4.69) is 69.1 Å². The van der Waals surface area contributed by atoms with Gasteiger partial charge in [-0.25, -0.2) is 0 Å². The molecule has 2 aromatic rings. The number of imide groups is 1. The van der Waals surface area contributed by atoms with Crippen LogP contribution in [0.25, 0.3) is 0 Å². The number of halogens is 4. The third kappa shape index (κ3) is 3.35. The van der Waals surface area contributed by atoms with E-state index < -0.39 is 22.6 Å². The van der Waals surface area contributed by atoms with E-state index in [1.165, 1.54) is 12.1 Å². The van der Waals surface area contributed by atoms with Gasteiger partial charge in [0.05, 0.1) is 16.1 Å². The average Bonchev–Trinajstić information content (AvgIpc) is 2.89. The minimum Gasteiger partial charge on any atom is -0.267 e. The fourth-order valence-corrected chi connectivity index (χ4v) is 4.81. The van der Waals surface area contributed by atoms with Gasteiger partial charge < -0.3 is 0 Å². The highest BCUT2D eigenvalue weighted by molar-refractivity contribution is 9.15. The van der Waals surface area contributed by atoms with Crippen molar-refractivity contribution >= 4 is 87.1 Å². The molecule has 0 radical (unpaired) electrons. The van der Waals surface area contributed by atoms with E-state index in [1.807, 2.05) is 0 Å². The maximum Gasteiger partial charge on any atom is 0.281 e. The van der Waals surface area contributed by atoms with Crippen LogP contribution in [-0.2, 0) is 0 Å². The van der Waals surface area contributed by atoms with E-state index in [0.29, 0.717) is 22.9 Å². The molecule has 0 saturated carbocycles. The lowest BCUT2D eigenvalue weighted by atomic mass is 10.1.